The van der Waals surface area contributed by atoms with Gasteiger partial charge in [-0.25, -0.2) is 4.99 Å². The van der Waals surface area contributed by atoms with E-state index in [4.69, 9.17) is 8.85 Å². The van der Waals surface area contributed by atoms with E-state index in [2.05, 4.69) is 9.98 Å². The summed E-state index contributed by atoms with van der Waals surface area (Å²) in [4.78, 5) is 20.8. The molecule has 0 amide bonds. The van der Waals surface area contributed by atoms with Gasteiger partial charge >= 0.3 is 12.0 Å². The molecule has 0 fully saturated rings. The van der Waals surface area contributed by atoms with Gasteiger partial charge in [0, 0.05) is 0 Å². The molecule has 0 aromatic carbocycles. The molecule has 0 saturated heterocycles. The van der Waals surface area contributed by atoms with Crippen molar-refractivity contribution in [1.82, 2.24) is 0 Å². The second-order valence-electron chi connectivity index (χ2n) is 8.92. The van der Waals surface area contributed by atoms with Crippen LogP contribution >= 0.6 is 0 Å². The molecule has 0 aromatic rings. The Morgan fingerprint density at radius 3 is 1.83 bits per heavy atom. The standard InChI is InChI=1S/C14H30N2O4Si3/c1-21(2,3)11(13(17)18)10-12(19-22(4,5)6)16-14(15-10)20-23(7,8)9/h10-11H,1-9H3,(H,17,18). The fraction of sp³-hybridized carbons (Fsp3) is 0.786. The van der Waals surface area contributed by atoms with E-state index >= 15 is 0 Å². The first-order valence-corrected chi connectivity index (χ1v) is 18.3. The third-order valence-electron chi connectivity index (χ3n) is 3.03. The molecule has 9 heteroatoms. The van der Waals surface area contributed by atoms with Crippen molar-refractivity contribution >= 4 is 42.6 Å². The average Bonchev–Trinajstić information content (AvgIpc) is 2.51. The average molecular weight is 375 g/mol. The van der Waals surface area contributed by atoms with Gasteiger partial charge in [-0.2, -0.15) is 4.99 Å². The molecule has 23 heavy (non-hydrogen) atoms. The molecule has 2 atom stereocenters. The molecular weight excluding hydrogens is 344 g/mol. The molecule has 0 bridgehead atoms. The van der Waals surface area contributed by atoms with E-state index in [1.807, 2.05) is 58.9 Å². The summed E-state index contributed by atoms with van der Waals surface area (Å²) in [5.74, 6) is -0.411. The Morgan fingerprint density at radius 2 is 1.48 bits per heavy atom. The zero-order chi connectivity index (χ0) is 18.2. The summed E-state index contributed by atoms with van der Waals surface area (Å²) >= 11 is 0. The lowest BCUT2D eigenvalue weighted by Gasteiger charge is -2.31. The number of carboxylic acids is 1. The van der Waals surface area contributed by atoms with Gasteiger partial charge in [0.2, 0.25) is 22.5 Å². The number of nitrogens with zero attached hydrogens (tertiary/aromatic N) is 2. The van der Waals surface area contributed by atoms with Crippen LogP contribution in [0.2, 0.25) is 64.5 Å². The van der Waals surface area contributed by atoms with Crippen LogP contribution in [0.25, 0.3) is 0 Å². The van der Waals surface area contributed by atoms with Crippen LogP contribution in [0.1, 0.15) is 0 Å². The topological polar surface area (TPSA) is 80.5 Å². The van der Waals surface area contributed by atoms with Crippen molar-refractivity contribution < 1.29 is 18.8 Å². The Kier molecular flexibility index (Phi) is 5.70. The van der Waals surface area contributed by atoms with Gasteiger partial charge in [0.1, 0.15) is 6.04 Å². The van der Waals surface area contributed by atoms with Crippen LogP contribution in [0.4, 0.5) is 0 Å². The van der Waals surface area contributed by atoms with Crippen molar-refractivity contribution in [1.29, 1.82) is 0 Å². The van der Waals surface area contributed by atoms with Gasteiger partial charge in [0.05, 0.1) is 13.6 Å². The summed E-state index contributed by atoms with van der Waals surface area (Å²) in [5.41, 5.74) is -0.583. The van der Waals surface area contributed by atoms with E-state index in [0.717, 1.165) is 0 Å². The van der Waals surface area contributed by atoms with E-state index in [1.165, 1.54) is 0 Å². The molecular formula is C14H30N2O4Si3. The van der Waals surface area contributed by atoms with Gasteiger partial charge in [-0.3, -0.25) is 4.79 Å². The first kappa shape index (κ1) is 20.1. The normalized spacial score (nSPS) is 20.7. The molecule has 1 heterocycles. The van der Waals surface area contributed by atoms with E-state index in [0.29, 0.717) is 5.90 Å². The van der Waals surface area contributed by atoms with Crippen LogP contribution in [0.15, 0.2) is 9.98 Å². The second-order valence-corrected chi connectivity index (χ2v) is 23.1. The van der Waals surface area contributed by atoms with E-state index in [9.17, 15) is 9.90 Å². The third-order valence-corrected chi connectivity index (χ3v) is 7.08. The molecule has 132 valence electrons. The minimum Gasteiger partial charge on any atom is -0.533 e. The smallest absolute Gasteiger partial charge is 0.306 e. The quantitative estimate of drug-likeness (QED) is 0.745. The Hall–Kier alpha value is -0.939. The van der Waals surface area contributed by atoms with Gasteiger partial charge in [0.15, 0.2) is 0 Å². The molecule has 1 N–H and O–H groups in total. The van der Waals surface area contributed by atoms with Gasteiger partial charge in [-0.1, -0.05) is 19.6 Å². The highest BCUT2D eigenvalue weighted by Gasteiger charge is 2.46. The minimum absolute atomic E-state index is 0.284. The fourth-order valence-electron chi connectivity index (χ4n) is 2.28. The lowest BCUT2D eigenvalue weighted by atomic mass is 10.2. The number of carbonyl (C=O) groups is 1. The van der Waals surface area contributed by atoms with Gasteiger partial charge in [0.25, 0.3) is 0 Å². The molecule has 1 rings (SSSR count). The highest BCUT2D eigenvalue weighted by Crippen LogP contribution is 2.32. The van der Waals surface area contributed by atoms with E-state index in [1.54, 1.807) is 0 Å². The highest BCUT2D eigenvalue weighted by atomic mass is 28.4. The molecule has 0 aromatic heterocycles. The van der Waals surface area contributed by atoms with Gasteiger partial charge in [-0.05, 0) is 39.3 Å². The van der Waals surface area contributed by atoms with E-state index in [-0.39, 0.29) is 6.02 Å². The van der Waals surface area contributed by atoms with Crippen LogP contribution in [0.5, 0.6) is 0 Å². The predicted molar refractivity (Wildman–Crippen MR) is 102 cm³/mol. The summed E-state index contributed by atoms with van der Waals surface area (Å²) in [5, 5.41) is 9.74. The largest absolute Gasteiger partial charge is 0.533 e. The summed E-state index contributed by atoms with van der Waals surface area (Å²) in [6.45, 7) is 18.4. The van der Waals surface area contributed by atoms with Crippen LogP contribution in [0, 0.1) is 0 Å². The SMILES string of the molecule is C[Si](C)(C)OC1=NC(C(C(=O)O)[Si](C)(C)C)C(O[Si](C)(C)C)=N1. The van der Waals surface area contributed by atoms with Crippen LogP contribution < -0.4 is 0 Å². The van der Waals surface area contributed by atoms with Crippen molar-refractivity contribution in [2.75, 3.05) is 0 Å². The zero-order valence-corrected chi connectivity index (χ0v) is 18.7. The maximum Gasteiger partial charge on any atom is 0.306 e. The van der Waals surface area contributed by atoms with E-state index < -0.39 is 42.3 Å². The number of carboxylic acid groups (broad SMARTS) is 1. The van der Waals surface area contributed by atoms with Crippen LogP contribution in [0.3, 0.4) is 0 Å². The maximum atomic E-state index is 11.9. The van der Waals surface area contributed by atoms with Crippen molar-refractivity contribution in [2.24, 2.45) is 9.98 Å². The van der Waals surface area contributed by atoms with Crippen molar-refractivity contribution in [2.45, 2.75) is 70.5 Å². The Labute approximate surface area is 142 Å². The minimum atomic E-state index is -2.02. The first-order valence-electron chi connectivity index (χ1n) is 7.87. The Balaban J connectivity index is 3.23. The molecule has 0 spiro atoms. The monoisotopic (exact) mass is 374 g/mol. The number of hydrogen-bond acceptors (Lipinski definition) is 5. The highest BCUT2D eigenvalue weighted by molar-refractivity contribution is 6.81. The molecule has 2 unspecified atom stereocenters. The van der Waals surface area contributed by atoms with Crippen molar-refractivity contribution in [3.8, 4) is 0 Å². The summed E-state index contributed by atoms with van der Waals surface area (Å²) in [6.07, 6.45) is 0. The van der Waals surface area contributed by atoms with Crippen LogP contribution in [-0.2, 0) is 13.6 Å². The molecule has 1 aliphatic rings. The van der Waals surface area contributed by atoms with Gasteiger partial charge < -0.3 is 14.0 Å². The lowest BCUT2D eigenvalue weighted by molar-refractivity contribution is -0.137. The zero-order valence-electron chi connectivity index (χ0n) is 15.7. The molecule has 0 radical (unpaired) electrons. The van der Waals surface area contributed by atoms with Crippen LogP contribution in [-0.4, -0.2) is 53.7 Å². The molecule has 0 aliphatic carbocycles. The number of amidine groups is 1. The summed E-state index contributed by atoms with van der Waals surface area (Å²) in [7, 11) is -5.80. The van der Waals surface area contributed by atoms with Crippen molar-refractivity contribution in [3.63, 3.8) is 0 Å². The first-order chi connectivity index (χ1) is 10.1. The molecule has 0 saturated carbocycles. The second kappa shape index (κ2) is 6.52. The molecule has 1 aliphatic heterocycles. The summed E-state index contributed by atoms with van der Waals surface area (Å²) < 4.78 is 11.9. The number of hydrogen-bond donors (Lipinski definition) is 1. The fourth-order valence-corrected chi connectivity index (χ4v) is 5.62. The Bertz CT molecular complexity index is 528. The lowest BCUT2D eigenvalue weighted by Crippen LogP contribution is -2.45. The predicted octanol–water partition coefficient (Wildman–Crippen LogP) is 3.62. The maximum absolute atomic E-state index is 11.9. The molecule has 6 nitrogen and oxygen atoms in total. The third kappa shape index (κ3) is 6.22. The Morgan fingerprint density at radius 1 is 1.00 bits per heavy atom. The number of rotatable bonds is 5. The summed E-state index contributed by atoms with van der Waals surface area (Å²) in [6, 6.07) is -0.288. The van der Waals surface area contributed by atoms with Gasteiger partial charge in [-0.15, -0.1) is 0 Å². The van der Waals surface area contributed by atoms with Crippen molar-refractivity contribution in [3.05, 3.63) is 0 Å². The number of aliphatic imine (C=N–C) groups is 2. The number of aliphatic carboxylic acids is 1.